The molecule has 0 radical (unpaired) electrons. The Kier molecular flexibility index (Phi) is 8.11. The molecule has 9 aromatic carbocycles. The van der Waals surface area contributed by atoms with Gasteiger partial charge in [0.15, 0.2) is 11.6 Å². The summed E-state index contributed by atoms with van der Waals surface area (Å²) in [5.41, 5.74) is 15.4. The van der Waals surface area contributed by atoms with Gasteiger partial charge in [0.25, 0.3) is 0 Å². The van der Waals surface area contributed by atoms with Crippen LogP contribution < -0.4 is 0 Å². The number of nitrogens with zero attached hydrogens (tertiary/aromatic N) is 6. The van der Waals surface area contributed by atoms with Crippen LogP contribution in [0.4, 0.5) is 0 Å². The van der Waals surface area contributed by atoms with Gasteiger partial charge in [0.05, 0.1) is 44.1 Å². The quantitative estimate of drug-likeness (QED) is 0.168. The SMILES string of the molecule is c1ccc(-c2ccc3nc(-c4ccccc4)c(-n4c5ccccc5c5ccc6c7ccccc7n(-c7nc8cc(-c9ccccc9)ccc8nc7-c7ccccc7)c6c54)nc3c2)cc1. The Balaban J connectivity index is 1.19. The van der Waals surface area contributed by atoms with E-state index in [2.05, 4.69) is 203 Å². The van der Waals surface area contributed by atoms with Gasteiger partial charge in [-0.15, -0.1) is 0 Å². The molecular weight excluding hydrogens is 781 g/mol. The molecule has 13 rings (SSSR count). The number of para-hydroxylation sites is 2. The summed E-state index contributed by atoms with van der Waals surface area (Å²) in [5.74, 6) is 1.50. The van der Waals surface area contributed by atoms with Crippen LogP contribution in [0, 0.1) is 0 Å². The van der Waals surface area contributed by atoms with Gasteiger partial charge in [0.1, 0.15) is 11.4 Å². The van der Waals surface area contributed by atoms with Crippen molar-refractivity contribution >= 4 is 65.7 Å². The van der Waals surface area contributed by atoms with Gasteiger partial charge in [0, 0.05) is 32.7 Å². The van der Waals surface area contributed by atoms with Crippen LogP contribution in [0.25, 0.3) is 122 Å². The minimum absolute atomic E-state index is 0.750. The highest BCUT2D eigenvalue weighted by molar-refractivity contribution is 6.24. The van der Waals surface area contributed by atoms with E-state index in [1.54, 1.807) is 0 Å². The topological polar surface area (TPSA) is 61.4 Å². The first-order valence-corrected chi connectivity index (χ1v) is 21.6. The van der Waals surface area contributed by atoms with Crippen LogP contribution in [0.2, 0.25) is 0 Å². The predicted octanol–water partition coefficient (Wildman–Crippen LogP) is 14.4. The van der Waals surface area contributed by atoms with Crippen LogP contribution in [0.5, 0.6) is 0 Å². The zero-order valence-corrected chi connectivity index (χ0v) is 34.5. The van der Waals surface area contributed by atoms with Crippen LogP contribution in [-0.2, 0) is 0 Å². The van der Waals surface area contributed by atoms with Crippen LogP contribution >= 0.6 is 0 Å². The maximum Gasteiger partial charge on any atom is 0.165 e. The van der Waals surface area contributed by atoms with E-state index in [0.29, 0.717) is 0 Å². The number of benzene rings is 9. The third kappa shape index (κ3) is 5.66. The first kappa shape index (κ1) is 36.0. The molecule has 0 aliphatic rings. The summed E-state index contributed by atoms with van der Waals surface area (Å²) >= 11 is 0. The van der Waals surface area contributed by atoms with Crippen molar-refractivity contribution in [2.45, 2.75) is 0 Å². The Morgan fingerprint density at radius 2 is 0.609 bits per heavy atom. The summed E-state index contributed by atoms with van der Waals surface area (Å²) in [5, 5.41) is 4.45. The molecule has 6 nitrogen and oxygen atoms in total. The molecule has 0 atom stereocenters. The maximum atomic E-state index is 5.65. The summed E-state index contributed by atoms with van der Waals surface area (Å²) in [7, 11) is 0. The fourth-order valence-electron chi connectivity index (χ4n) is 9.54. The Morgan fingerprint density at radius 1 is 0.250 bits per heavy atom. The molecule has 0 spiro atoms. The monoisotopic (exact) mass is 816 g/mol. The molecule has 13 aromatic rings. The number of fused-ring (bicyclic) bond motifs is 9. The van der Waals surface area contributed by atoms with Gasteiger partial charge in [-0.05, 0) is 58.7 Å². The first-order chi connectivity index (χ1) is 31.7. The number of aromatic nitrogens is 6. The number of rotatable bonds is 6. The molecule has 0 bridgehead atoms. The number of hydrogen-bond acceptors (Lipinski definition) is 4. The lowest BCUT2D eigenvalue weighted by molar-refractivity contribution is 1.06. The Bertz CT molecular complexity index is 3670. The largest absolute Gasteiger partial charge is 0.290 e. The summed E-state index contributed by atoms with van der Waals surface area (Å²) < 4.78 is 4.69. The van der Waals surface area contributed by atoms with E-state index in [0.717, 1.165) is 122 Å². The lowest BCUT2D eigenvalue weighted by atomic mass is 10.0. The smallest absolute Gasteiger partial charge is 0.165 e. The van der Waals surface area contributed by atoms with Gasteiger partial charge in [-0.25, -0.2) is 19.9 Å². The van der Waals surface area contributed by atoms with Crippen molar-refractivity contribution < 1.29 is 0 Å². The molecule has 0 fully saturated rings. The molecule has 0 saturated heterocycles. The molecule has 0 N–H and O–H groups in total. The Hall–Kier alpha value is -8.74. The van der Waals surface area contributed by atoms with Gasteiger partial charge in [0.2, 0.25) is 0 Å². The van der Waals surface area contributed by atoms with Gasteiger partial charge in [-0.1, -0.05) is 182 Å². The predicted molar refractivity (Wildman–Crippen MR) is 263 cm³/mol. The van der Waals surface area contributed by atoms with Gasteiger partial charge >= 0.3 is 0 Å². The summed E-state index contributed by atoms with van der Waals surface area (Å²) in [6, 6.07) is 76.4. The molecule has 0 unspecified atom stereocenters. The average molecular weight is 817 g/mol. The van der Waals surface area contributed by atoms with Crippen molar-refractivity contribution in [2.75, 3.05) is 0 Å². The van der Waals surface area contributed by atoms with Crippen molar-refractivity contribution in [3.63, 3.8) is 0 Å². The first-order valence-electron chi connectivity index (χ1n) is 21.6. The normalized spacial score (nSPS) is 11.8. The van der Waals surface area contributed by atoms with E-state index in [1.807, 2.05) is 24.3 Å². The van der Waals surface area contributed by atoms with Gasteiger partial charge in [-0.3, -0.25) is 9.13 Å². The van der Waals surface area contributed by atoms with Crippen LogP contribution in [-0.4, -0.2) is 29.1 Å². The molecular formula is C58H36N6. The van der Waals surface area contributed by atoms with E-state index >= 15 is 0 Å². The van der Waals surface area contributed by atoms with Gasteiger partial charge < -0.3 is 0 Å². The van der Waals surface area contributed by atoms with Crippen LogP contribution in [0.3, 0.4) is 0 Å². The van der Waals surface area contributed by atoms with E-state index in [4.69, 9.17) is 19.9 Å². The van der Waals surface area contributed by atoms with Crippen molar-refractivity contribution in [2.24, 2.45) is 0 Å². The van der Waals surface area contributed by atoms with Crippen LogP contribution in [0.15, 0.2) is 218 Å². The molecule has 298 valence electrons. The molecule has 4 heterocycles. The van der Waals surface area contributed by atoms with Crippen molar-refractivity contribution in [1.82, 2.24) is 29.1 Å². The van der Waals surface area contributed by atoms with Crippen molar-refractivity contribution in [3.8, 4) is 56.4 Å². The highest BCUT2D eigenvalue weighted by atomic mass is 15.1. The molecule has 64 heavy (non-hydrogen) atoms. The van der Waals surface area contributed by atoms with Crippen LogP contribution in [0.1, 0.15) is 0 Å². The van der Waals surface area contributed by atoms with Crippen molar-refractivity contribution in [1.29, 1.82) is 0 Å². The second-order valence-electron chi connectivity index (χ2n) is 16.2. The summed E-state index contributed by atoms with van der Waals surface area (Å²) in [6.07, 6.45) is 0. The van der Waals surface area contributed by atoms with E-state index in [-0.39, 0.29) is 0 Å². The lowest BCUT2D eigenvalue weighted by Crippen LogP contribution is -2.07. The van der Waals surface area contributed by atoms with Crippen molar-refractivity contribution in [3.05, 3.63) is 218 Å². The standard InChI is InChI=1S/C58H36N6/c1-5-17-37(18-6-1)41-29-33-47-49(35-41)61-57(53(59-47)39-21-9-3-10-22-39)63-51-27-15-13-25-43(51)45-31-32-46-44-26-14-16-28-52(44)64(56(46)55(45)63)58-54(40-23-11-4-12-24-40)60-48-34-30-42(36-50(48)62-58)38-19-7-2-8-20-38/h1-36H. The maximum absolute atomic E-state index is 5.65. The highest BCUT2D eigenvalue weighted by Gasteiger charge is 2.26. The molecule has 0 aliphatic heterocycles. The minimum Gasteiger partial charge on any atom is -0.290 e. The van der Waals surface area contributed by atoms with E-state index in [1.165, 1.54) is 0 Å². The molecule has 6 heteroatoms. The van der Waals surface area contributed by atoms with Gasteiger partial charge in [-0.2, -0.15) is 0 Å². The zero-order chi connectivity index (χ0) is 42.1. The molecule has 0 saturated carbocycles. The second kappa shape index (κ2) is 14.4. The fraction of sp³-hybridized carbons (Fsp3) is 0. The second-order valence-corrected chi connectivity index (χ2v) is 16.2. The van der Waals surface area contributed by atoms with E-state index in [9.17, 15) is 0 Å². The third-order valence-corrected chi connectivity index (χ3v) is 12.5. The zero-order valence-electron chi connectivity index (χ0n) is 34.5. The highest BCUT2D eigenvalue weighted by Crippen LogP contribution is 2.44. The van der Waals surface area contributed by atoms with E-state index < -0.39 is 0 Å². The fourth-order valence-corrected chi connectivity index (χ4v) is 9.54. The minimum atomic E-state index is 0.750. The number of hydrogen-bond donors (Lipinski definition) is 0. The Labute approximate surface area is 368 Å². The molecule has 0 amide bonds. The third-order valence-electron chi connectivity index (χ3n) is 12.5. The molecule has 0 aliphatic carbocycles. The Morgan fingerprint density at radius 3 is 1.02 bits per heavy atom. The summed E-state index contributed by atoms with van der Waals surface area (Å²) in [4.78, 5) is 22.2. The molecule has 4 aromatic heterocycles. The average Bonchev–Trinajstić information content (AvgIpc) is 3.89. The summed E-state index contributed by atoms with van der Waals surface area (Å²) in [6.45, 7) is 0. The lowest BCUT2D eigenvalue weighted by Gasteiger charge is -2.17.